The minimum absolute atomic E-state index is 0. The molecule has 0 saturated heterocycles. The van der Waals surface area contributed by atoms with Crippen molar-refractivity contribution in [2.75, 3.05) is 0 Å². The average molecular weight is 272 g/mol. The van der Waals surface area contributed by atoms with E-state index in [1.165, 1.54) is 0 Å². The first-order valence-corrected chi connectivity index (χ1v) is 0. The molecular formula is CoFeNiTiV. The molecule has 0 amide bonds. The van der Waals surface area contributed by atoms with E-state index in [0.29, 0.717) is 0 Å². The van der Waals surface area contributed by atoms with Gasteiger partial charge in [-0.3, -0.25) is 0 Å². The summed E-state index contributed by atoms with van der Waals surface area (Å²) >= 11 is 0. The molecule has 0 aliphatic heterocycles. The molecule has 0 nitrogen and oxygen atoms in total. The van der Waals surface area contributed by atoms with Crippen LogP contribution in [0.25, 0.3) is 0 Å². The van der Waals surface area contributed by atoms with Crippen LogP contribution in [0.5, 0.6) is 0 Å². The Morgan fingerprint density at radius 1 is 1.00 bits per heavy atom. The van der Waals surface area contributed by atoms with Gasteiger partial charge in [0.15, 0.2) is 0 Å². The van der Waals surface area contributed by atoms with E-state index in [2.05, 4.69) is 0 Å². The summed E-state index contributed by atoms with van der Waals surface area (Å²) in [5.41, 5.74) is 0. The number of rotatable bonds is 0. The van der Waals surface area contributed by atoms with Crippen LogP contribution in [0.3, 0.4) is 0 Å². The molecule has 36 valence electrons. The topological polar surface area (TPSA) is 0 Å². The molecule has 0 saturated carbocycles. The molecule has 0 aromatic heterocycles. The van der Waals surface area contributed by atoms with Gasteiger partial charge in [-0.25, -0.2) is 0 Å². The van der Waals surface area contributed by atoms with E-state index in [1.807, 2.05) is 0 Å². The zero-order chi connectivity index (χ0) is 0. The van der Waals surface area contributed by atoms with Crippen LogP contribution in [0.1, 0.15) is 0 Å². The summed E-state index contributed by atoms with van der Waals surface area (Å²) < 4.78 is 0. The van der Waals surface area contributed by atoms with Crippen LogP contribution in [0.15, 0.2) is 0 Å². The van der Waals surface area contributed by atoms with Gasteiger partial charge in [0.05, 0.1) is 0 Å². The fraction of sp³-hybridized carbons (Fsp3) is 0. The Hall–Kier alpha value is 2.82. The van der Waals surface area contributed by atoms with Crippen molar-refractivity contribution in [2.24, 2.45) is 0 Å². The molecule has 0 rings (SSSR count). The molecule has 0 N–H and O–H groups in total. The van der Waals surface area contributed by atoms with Gasteiger partial charge >= 0.3 is 0 Å². The molecule has 0 heterocycles. The average Bonchev–Trinajstić information content (AvgIpc) is 0. The van der Waals surface area contributed by atoms with Gasteiger partial charge in [-0.05, 0) is 0 Å². The van der Waals surface area contributed by atoms with Crippen molar-refractivity contribution in [1.82, 2.24) is 0 Å². The predicted octanol–water partition coefficient (Wildman–Crippen LogP) is -0.0125. The third kappa shape index (κ3) is 19.9. The van der Waals surface area contributed by atoms with Gasteiger partial charge in [0.1, 0.15) is 0 Å². The molecule has 2 radical (unpaired) electrons. The quantitative estimate of drug-likeness (QED) is 0.544. The first-order valence-electron chi connectivity index (χ1n) is 0. The third-order valence-corrected chi connectivity index (χ3v) is 0. The molecule has 0 aliphatic carbocycles. The second-order valence-electron chi connectivity index (χ2n) is 0. The molecule has 0 unspecified atom stereocenters. The summed E-state index contributed by atoms with van der Waals surface area (Å²) in [7, 11) is 0. The Bertz CT molecular complexity index is 11.6. The van der Waals surface area contributed by atoms with Gasteiger partial charge in [0.25, 0.3) is 0 Å². The van der Waals surface area contributed by atoms with Crippen LogP contribution in [-0.2, 0) is 90.6 Å². The predicted molar refractivity (Wildman–Crippen MR) is 0 cm³/mol. The van der Waals surface area contributed by atoms with E-state index >= 15 is 0 Å². The monoisotopic (exact) mass is 272 g/mol. The van der Waals surface area contributed by atoms with Gasteiger partial charge in [-0.15, -0.1) is 0 Å². The first kappa shape index (κ1) is 45.8. The Kier molecular flexibility index (Phi) is 266. The molecule has 0 spiro atoms. The zero-order valence-corrected chi connectivity index (χ0v) is 8.04. The molecule has 0 aliphatic rings. The van der Waals surface area contributed by atoms with Gasteiger partial charge in [0.2, 0.25) is 0 Å². The molecule has 0 atom stereocenters. The number of hydrogen-bond acceptors (Lipinski definition) is 0. The minimum Gasteiger partial charge on any atom is 0 e. The van der Waals surface area contributed by atoms with E-state index in [1.54, 1.807) is 0 Å². The van der Waals surface area contributed by atoms with Crippen LogP contribution in [-0.4, -0.2) is 0 Å². The number of hydrogen-bond donors (Lipinski definition) is 0. The van der Waals surface area contributed by atoms with Crippen molar-refractivity contribution in [3.63, 3.8) is 0 Å². The summed E-state index contributed by atoms with van der Waals surface area (Å²) in [4.78, 5) is 0. The van der Waals surface area contributed by atoms with Crippen molar-refractivity contribution in [1.29, 1.82) is 0 Å². The van der Waals surface area contributed by atoms with E-state index in [0.717, 1.165) is 0 Å². The Labute approximate surface area is 89.3 Å². The summed E-state index contributed by atoms with van der Waals surface area (Å²) in [6.07, 6.45) is 0. The van der Waals surface area contributed by atoms with E-state index in [9.17, 15) is 0 Å². The van der Waals surface area contributed by atoms with Gasteiger partial charge in [0, 0.05) is 90.6 Å². The maximum atomic E-state index is 0. The molecule has 0 aromatic carbocycles. The molecule has 0 aromatic rings. The maximum absolute atomic E-state index is 0. The second-order valence-corrected chi connectivity index (χ2v) is 0. The summed E-state index contributed by atoms with van der Waals surface area (Å²) in [6.45, 7) is 0. The third-order valence-electron chi connectivity index (χ3n) is 0. The standard InChI is InChI=1S/Co.Fe.Ni.Ti.V. The maximum Gasteiger partial charge on any atom is 0 e. The molecule has 0 fully saturated rings. The van der Waals surface area contributed by atoms with Crippen LogP contribution < -0.4 is 0 Å². The van der Waals surface area contributed by atoms with Crippen molar-refractivity contribution < 1.29 is 90.6 Å². The zero-order valence-electron chi connectivity index (χ0n) is 1.95. The summed E-state index contributed by atoms with van der Waals surface area (Å²) in [6, 6.07) is 0. The SMILES string of the molecule is [Co].[Fe].[Ni].[Ti].[V]. The molecule has 5 heteroatoms. The van der Waals surface area contributed by atoms with Crippen LogP contribution in [0.2, 0.25) is 0 Å². The van der Waals surface area contributed by atoms with Crippen molar-refractivity contribution in [3.05, 3.63) is 0 Å². The van der Waals surface area contributed by atoms with Crippen molar-refractivity contribution in [2.45, 2.75) is 0 Å². The minimum atomic E-state index is 0. The van der Waals surface area contributed by atoms with E-state index < -0.39 is 0 Å². The van der Waals surface area contributed by atoms with Crippen molar-refractivity contribution in [3.8, 4) is 0 Å². The van der Waals surface area contributed by atoms with Gasteiger partial charge in [-0.1, -0.05) is 0 Å². The van der Waals surface area contributed by atoms with Crippen LogP contribution >= 0.6 is 0 Å². The van der Waals surface area contributed by atoms with Crippen LogP contribution in [0.4, 0.5) is 0 Å². The first-order chi connectivity index (χ1) is 0. The molecule has 5 heavy (non-hydrogen) atoms. The Morgan fingerprint density at radius 2 is 1.00 bits per heavy atom. The van der Waals surface area contributed by atoms with E-state index in [4.69, 9.17) is 0 Å². The van der Waals surface area contributed by atoms with Crippen LogP contribution in [0, 0.1) is 0 Å². The van der Waals surface area contributed by atoms with Crippen molar-refractivity contribution >= 4 is 0 Å². The summed E-state index contributed by atoms with van der Waals surface area (Å²) in [5, 5.41) is 0. The van der Waals surface area contributed by atoms with E-state index in [-0.39, 0.29) is 90.6 Å². The normalized spacial score (nSPS) is 0. The summed E-state index contributed by atoms with van der Waals surface area (Å²) in [5.74, 6) is 0. The fourth-order valence-electron chi connectivity index (χ4n) is 0. The van der Waals surface area contributed by atoms with Gasteiger partial charge < -0.3 is 0 Å². The Morgan fingerprint density at radius 3 is 1.00 bits per heavy atom. The second kappa shape index (κ2) is 29.1. The van der Waals surface area contributed by atoms with Gasteiger partial charge in [-0.2, -0.15) is 0 Å². The largest absolute Gasteiger partial charge is 0 e. The smallest absolute Gasteiger partial charge is 0 e. The fourth-order valence-corrected chi connectivity index (χ4v) is 0. The molecule has 0 bridgehead atoms. The molecular weight excluding hydrogens is 272 g/mol. The Balaban J connectivity index is 0.